The SMILES string of the molecule is CC(C)N1CC2CC(C1)N2Cc1ccc(Cl)nn1. The van der Waals surface area contributed by atoms with Gasteiger partial charge < -0.3 is 0 Å². The highest BCUT2D eigenvalue weighted by Gasteiger charge is 2.44. The Morgan fingerprint density at radius 1 is 1.28 bits per heavy atom. The van der Waals surface area contributed by atoms with E-state index in [2.05, 4.69) is 33.8 Å². The summed E-state index contributed by atoms with van der Waals surface area (Å²) in [4.78, 5) is 5.12. The first-order chi connectivity index (χ1) is 8.63. The third-order valence-electron chi connectivity index (χ3n) is 4.13. The molecule has 5 heteroatoms. The highest BCUT2D eigenvalue weighted by atomic mass is 35.5. The molecule has 2 bridgehead atoms. The van der Waals surface area contributed by atoms with Crippen molar-refractivity contribution in [2.45, 2.75) is 44.9 Å². The average Bonchev–Trinajstić information content (AvgIpc) is 2.38. The predicted octanol–water partition coefficient (Wildman–Crippen LogP) is 1.80. The van der Waals surface area contributed by atoms with E-state index in [9.17, 15) is 0 Å². The minimum Gasteiger partial charge on any atom is -0.298 e. The van der Waals surface area contributed by atoms with Crippen molar-refractivity contribution in [1.29, 1.82) is 0 Å². The van der Waals surface area contributed by atoms with Crippen LogP contribution in [0.1, 0.15) is 26.0 Å². The van der Waals surface area contributed by atoms with Crippen molar-refractivity contribution >= 4 is 11.6 Å². The van der Waals surface area contributed by atoms with E-state index in [0.717, 1.165) is 12.2 Å². The molecule has 0 N–H and O–H groups in total. The van der Waals surface area contributed by atoms with Crippen LogP contribution < -0.4 is 0 Å². The third kappa shape index (κ3) is 2.25. The van der Waals surface area contributed by atoms with Gasteiger partial charge >= 0.3 is 0 Å². The van der Waals surface area contributed by atoms with E-state index in [4.69, 9.17) is 11.6 Å². The number of aromatic nitrogens is 2. The minimum absolute atomic E-state index is 0.466. The molecule has 0 spiro atoms. The summed E-state index contributed by atoms with van der Waals surface area (Å²) in [7, 11) is 0. The largest absolute Gasteiger partial charge is 0.298 e. The summed E-state index contributed by atoms with van der Waals surface area (Å²) in [5.41, 5.74) is 1.02. The van der Waals surface area contributed by atoms with E-state index >= 15 is 0 Å². The zero-order valence-corrected chi connectivity index (χ0v) is 11.6. The van der Waals surface area contributed by atoms with E-state index in [1.54, 1.807) is 0 Å². The summed E-state index contributed by atoms with van der Waals surface area (Å²) in [5, 5.41) is 8.52. The smallest absolute Gasteiger partial charge is 0.151 e. The Balaban J connectivity index is 1.62. The lowest BCUT2D eigenvalue weighted by molar-refractivity contribution is -0.0842. The van der Waals surface area contributed by atoms with Gasteiger partial charge in [0.15, 0.2) is 5.15 Å². The summed E-state index contributed by atoms with van der Waals surface area (Å²) in [6.07, 6.45) is 1.34. The second-order valence-corrected chi connectivity index (χ2v) is 6.00. The normalized spacial score (nSPS) is 28.4. The highest BCUT2D eigenvalue weighted by Crippen LogP contribution is 2.34. The van der Waals surface area contributed by atoms with Gasteiger partial charge in [-0.25, -0.2) is 0 Å². The van der Waals surface area contributed by atoms with Crippen LogP contribution in [0.3, 0.4) is 0 Å². The Morgan fingerprint density at radius 3 is 2.56 bits per heavy atom. The summed E-state index contributed by atoms with van der Waals surface area (Å²) in [6, 6.07) is 5.85. The molecule has 0 amide bonds. The molecule has 3 aliphatic heterocycles. The number of hydrogen-bond acceptors (Lipinski definition) is 4. The van der Waals surface area contributed by atoms with Gasteiger partial charge in [0, 0.05) is 37.8 Å². The van der Waals surface area contributed by atoms with Gasteiger partial charge in [-0.1, -0.05) is 11.6 Å². The fourth-order valence-corrected chi connectivity index (χ4v) is 3.12. The molecule has 4 nitrogen and oxygen atoms in total. The molecule has 0 aromatic carbocycles. The van der Waals surface area contributed by atoms with Crippen molar-refractivity contribution in [2.75, 3.05) is 13.1 Å². The third-order valence-corrected chi connectivity index (χ3v) is 4.34. The minimum atomic E-state index is 0.466. The van der Waals surface area contributed by atoms with E-state index in [1.165, 1.54) is 19.5 Å². The number of nitrogens with zero attached hydrogens (tertiary/aromatic N) is 4. The number of piperidine rings is 1. The van der Waals surface area contributed by atoms with E-state index in [1.807, 2.05) is 12.1 Å². The predicted molar refractivity (Wildman–Crippen MR) is 71.5 cm³/mol. The van der Waals surface area contributed by atoms with Crippen molar-refractivity contribution in [3.63, 3.8) is 0 Å². The van der Waals surface area contributed by atoms with E-state index < -0.39 is 0 Å². The van der Waals surface area contributed by atoms with E-state index in [0.29, 0.717) is 23.3 Å². The number of piperazine rings is 1. The molecular weight excluding hydrogens is 248 g/mol. The summed E-state index contributed by atoms with van der Waals surface area (Å²) >= 11 is 5.75. The second kappa shape index (κ2) is 4.76. The highest BCUT2D eigenvalue weighted by molar-refractivity contribution is 6.29. The lowest BCUT2D eigenvalue weighted by Gasteiger charge is -2.57. The summed E-state index contributed by atoms with van der Waals surface area (Å²) < 4.78 is 0. The average molecular weight is 267 g/mol. The maximum atomic E-state index is 5.75. The molecule has 2 unspecified atom stereocenters. The van der Waals surface area contributed by atoms with Crippen molar-refractivity contribution < 1.29 is 0 Å². The van der Waals surface area contributed by atoms with Gasteiger partial charge in [0.25, 0.3) is 0 Å². The monoisotopic (exact) mass is 266 g/mol. The van der Waals surface area contributed by atoms with Gasteiger partial charge in [-0.3, -0.25) is 9.80 Å². The molecular formula is C13H19ClN4. The molecule has 3 fully saturated rings. The molecule has 3 saturated heterocycles. The molecule has 0 saturated carbocycles. The number of fused-ring (bicyclic) bond motifs is 2. The summed E-state index contributed by atoms with van der Waals surface area (Å²) in [6.45, 7) is 7.84. The first-order valence-corrected chi connectivity index (χ1v) is 6.99. The van der Waals surface area contributed by atoms with Gasteiger partial charge in [0.2, 0.25) is 0 Å². The molecule has 0 aliphatic carbocycles. The maximum Gasteiger partial charge on any atom is 0.151 e. The van der Waals surface area contributed by atoms with E-state index in [-0.39, 0.29) is 0 Å². The van der Waals surface area contributed by atoms with Crippen molar-refractivity contribution in [2.24, 2.45) is 0 Å². The van der Waals surface area contributed by atoms with Gasteiger partial charge in [-0.05, 0) is 32.4 Å². The fraction of sp³-hybridized carbons (Fsp3) is 0.692. The lowest BCUT2D eigenvalue weighted by atomic mass is 9.86. The van der Waals surface area contributed by atoms with Crippen LogP contribution in [0.15, 0.2) is 12.1 Å². The van der Waals surface area contributed by atoms with Crippen LogP contribution in [0.4, 0.5) is 0 Å². The quantitative estimate of drug-likeness (QED) is 0.835. The zero-order valence-electron chi connectivity index (χ0n) is 10.9. The van der Waals surface area contributed by atoms with Crippen LogP contribution in [-0.2, 0) is 6.54 Å². The molecule has 0 radical (unpaired) electrons. The van der Waals surface area contributed by atoms with Gasteiger partial charge in [-0.15, -0.1) is 5.10 Å². The first kappa shape index (κ1) is 12.3. The van der Waals surface area contributed by atoms with Crippen LogP contribution in [0.5, 0.6) is 0 Å². The number of rotatable bonds is 3. The second-order valence-electron chi connectivity index (χ2n) is 5.61. The number of hydrogen-bond donors (Lipinski definition) is 0. The molecule has 2 atom stereocenters. The van der Waals surface area contributed by atoms with Crippen LogP contribution in [0, 0.1) is 0 Å². The Bertz CT molecular complexity index is 408. The topological polar surface area (TPSA) is 32.3 Å². The maximum absolute atomic E-state index is 5.75. The molecule has 4 rings (SSSR count). The van der Waals surface area contributed by atoms with Crippen LogP contribution in [0.25, 0.3) is 0 Å². The Morgan fingerprint density at radius 2 is 2.00 bits per heavy atom. The van der Waals surface area contributed by atoms with Gasteiger partial charge in [0.05, 0.1) is 5.69 Å². The molecule has 18 heavy (non-hydrogen) atoms. The van der Waals surface area contributed by atoms with Crippen LogP contribution in [0.2, 0.25) is 5.15 Å². The fourth-order valence-electron chi connectivity index (χ4n) is 3.01. The Kier molecular flexibility index (Phi) is 3.26. The van der Waals surface area contributed by atoms with Gasteiger partial charge in [0.1, 0.15) is 0 Å². The van der Waals surface area contributed by atoms with Crippen molar-refractivity contribution in [1.82, 2.24) is 20.0 Å². The first-order valence-electron chi connectivity index (χ1n) is 6.61. The lowest BCUT2D eigenvalue weighted by Crippen LogP contribution is -2.68. The van der Waals surface area contributed by atoms with Crippen LogP contribution >= 0.6 is 11.6 Å². The van der Waals surface area contributed by atoms with Gasteiger partial charge in [-0.2, -0.15) is 5.10 Å². The summed E-state index contributed by atoms with van der Waals surface area (Å²) in [5.74, 6) is 0. The zero-order chi connectivity index (χ0) is 12.7. The Labute approximate surface area is 113 Å². The molecule has 3 aliphatic rings. The van der Waals surface area contributed by atoms with Crippen molar-refractivity contribution in [3.8, 4) is 0 Å². The standard InChI is InChI=1S/C13H19ClN4/c1-9(2)17-7-11-5-12(8-17)18(11)6-10-3-4-13(14)16-15-10/h3-4,9,11-12H,5-8H2,1-2H3. The molecule has 4 heterocycles. The number of halogens is 1. The molecule has 1 aromatic rings. The molecule has 98 valence electrons. The van der Waals surface area contributed by atoms with Crippen molar-refractivity contribution in [3.05, 3.63) is 23.0 Å². The van der Waals surface area contributed by atoms with Crippen LogP contribution in [-0.4, -0.2) is 51.2 Å². The Hall–Kier alpha value is -0.710. The molecule has 1 aromatic heterocycles.